The van der Waals surface area contributed by atoms with Gasteiger partial charge in [0.2, 0.25) is 0 Å². The van der Waals surface area contributed by atoms with E-state index in [1.165, 1.54) is 12.8 Å². The smallest absolute Gasteiger partial charge is 0.255 e. The Kier molecular flexibility index (Phi) is 4.37. The van der Waals surface area contributed by atoms with Crippen LogP contribution in [-0.2, 0) is 0 Å². The zero-order valence-corrected chi connectivity index (χ0v) is 16.0. The minimum absolute atomic E-state index is 0.0357. The number of nitrogens with one attached hydrogen (secondary N) is 2. The number of benzene rings is 1. The van der Waals surface area contributed by atoms with E-state index in [9.17, 15) is 4.79 Å². The first-order valence-electron chi connectivity index (χ1n) is 9.98. The predicted octanol–water partition coefficient (Wildman–Crippen LogP) is 2.72. The van der Waals surface area contributed by atoms with Crippen LogP contribution in [0, 0.1) is 5.92 Å². The minimum Gasteiger partial charge on any atom is -0.340 e. The largest absolute Gasteiger partial charge is 0.340 e. The molecule has 0 bridgehead atoms. The molecule has 2 aromatic heterocycles. The third-order valence-electron chi connectivity index (χ3n) is 5.81. The Labute approximate surface area is 164 Å². The van der Waals surface area contributed by atoms with E-state index < -0.39 is 0 Å². The molecular formula is C22H25N5O. The van der Waals surface area contributed by atoms with E-state index in [4.69, 9.17) is 0 Å². The molecule has 144 valence electrons. The Morgan fingerprint density at radius 2 is 1.96 bits per heavy atom. The summed E-state index contributed by atoms with van der Waals surface area (Å²) in [4.78, 5) is 19.4. The second kappa shape index (κ2) is 7.04. The standard InChI is InChI=1S/C22H25N5O/c1-26(13-18-11-19(25-24-18)16-7-8-16)22(28)17-9-10-21-23-20(14-27(21)12-17)15-5-3-2-4-6-15/h2-6,9-10,12,14,16,18-19,24-25H,7-8,11,13H2,1H3. The van der Waals surface area contributed by atoms with Crippen LogP contribution < -0.4 is 10.9 Å². The van der Waals surface area contributed by atoms with Gasteiger partial charge in [-0.2, -0.15) is 0 Å². The van der Waals surface area contributed by atoms with E-state index in [2.05, 4.69) is 15.8 Å². The quantitative estimate of drug-likeness (QED) is 0.720. The zero-order valence-electron chi connectivity index (χ0n) is 16.0. The Balaban J connectivity index is 1.30. The minimum atomic E-state index is 0.0357. The molecule has 2 unspecified atom stereocenters. The number of imidazole rings is 1. The molecule has 1 aliphatic carbocycles. The molecule has 2 aliphatic rings. The molecule has 2 fully saturated rings. The third kappa shape index (κ3) is 3.41. The van der Waals surface area contributed by atoms with Crippen LogP contribution in [0.1, 0.15) is 29.6 Å². The van der Waals surface area contributed by atoms with Gasteiger partial charge in [0.05, 0.1) is 11.3 Å². The van der Waals surface area contributed by atoms with Crippen molar-refractivity contribution >= 4 is 11.6 Å². The normalized spacial score (nSPS) is 21.9. The Hall–Kier alpha value is -2.70. The second-order valence-corrected chi connectivity index (χ2v) is 8.03. The number of amides is 1. The van der Waals surface area contributed by atoms with E-state index >= 15 is 0 Å². The summed E-state index contributed by atoms with van der Waals surface area (Å²) in [7, 11) is 1.88. The molecule has 1 saturated heterocycles. The van der Waals surface area contributed by atoms with Gasteiger partial charge in [-0.15, -0.1) is 0 Å². The zero-order chi connectivity index (χ0) is 19.1. The van der Waals surface area contributed by atoms with E-state index in [1.807, 2.05) is 71.2 Å². The molecular weight excluding hydrogens is 350 g/mol. The summed E-state index contributed by atoms with van der Waals surface area (Å²) in [6.45, 7) is 0.701. The topological polar surface area (TPSA) is 61.7 Å². The molecule has 1 saturated carbocycles. The maximum Gasteiger partial charge on any atom is 0.255 e. The van der Waals surface area contributed by atoms with E-state index in [-0.39, 0.29) is 5.91 Å². The summed E-state index contributed by atoms with van der Waals surface area (Å²) >= 11 is 0. The highest BCUT2D eigenvalue weighted by Gasteiger charge is 2.37. The summed E-state index contributed by atoms with van der Waals surface area (Å²) in [6.07, 6.45) is 7.60. The summed E-state index contributed by atoms with van der Waals surface area (Å²) in [5, 5.41) is 0. The average Bonchev–Trinajstić information content (AvgIpc) is 3.32. The highest BCUT2D eigenvalue weighted by molar-refractivity contribution is 5.94. The number of carbonyl (C=O) groups excluding carboxylic acids is 1. The molecule has 1 aliphatic heterocycles. The van der Waals surface area contributed by atoms with E-state index in [0.29, 0.717) is 24.2 Å². The van der Waals surface area contributed by atoms with Crippen molar-refractivity contribution in [1.29, 1.82) is 0 Å². The van der Waals surface area contributed by atoms with E-state index in [0.717, 1.165) is 29.2 Å². The van der Waals surface area contributed by atoms with Crippen LogP contribution in [0.3, 0.4) is 0 Å². The van der Waals surface area contributed by atoms with Gasteiger partial charge in [-0.25, -0.2) is 4.98 Å². The van der Waals surface area contributed by atoms with Crippen molar-refractivity contribution in [2.75, 3.05) is 13.6 Å². The van der Waals surface area contributed by atoms with Crippen LogP contribution in [0.5, 0.6) is 0 Å². The third-order valence-corrected chi connectivity index (χ3v) is 5.81. The van der Waals surface area contributed by atoms with Gasteiger partial charge in [-0.05, 0) is 37.3 Å². The van der Waals surface area contributed by atoms with Crippen LogP contribution in [0.25, 0.3) is 16.9 Å². The molecule has 6 nitrogen and oxygen atoms in total. The van der Waals surface area contributed by atoms with Crippen LogP contribution in [0.15, 0.2) is 54.9 Å². The monoisotopic (exact) mass is 375 g/mol. The lowest BCUT2D eigenvalue weighted by Gasteiger charge is -2.21. The van der Waals surface area contributed by atoms with Crippen molar-refractivity contribution in [3.05, 3.63) is 60.4 Å². The molecule has 1 aromatic carbocycles. The molecule has 3 heterocycles. The molecule has 5 rings (SSSR count). The molecule has 3 aromatic rings. The summed E-state index contributed by atoms with van der Waals surface area (Å²) in [5.41, 5.74) is 10.2. The highest BCUT2D eigenvalue weighted by Crippen LogP contribution is 2.35. The first-order chi connectivity index (χ1) is 13.7. The second-order valence-electron chi connectivity index (χ2n) is 8.03. The van der Waals surface area contributed by atoms with Gasteiger partial charge in [0.25, 0.3) is 5.91 Å². The number of fused-ring (bicyclic) bond motifs is 1. The fourth-order valence-electron chi connectivity index (χ4n) is 4.08. The molecule has 6 heteroatoms. The fraction of sp³-hybridized carbons (Fsp3) is 0.364. The van der Waals surface area contributed by atoms with Crippen molar-refractivity contribution < 1.29 is 4.79 Å². The van der Waals surface area contributed by atoms with Gasteiger partial charge in [-0.3, -0.25) is 15.6 Å². The SMILES string of the molecule is CN(CC1CC(C2CC2)NN1)C(=O)c1ccc2nc(-c3ccccc3)cn2c1. The van der Waals surface area contributed by atoms with Gasteiger partial charge in [0.15, 0.2) is 0 Å². The first kappa shape index (κ1) is 17.4. The number of hydrogen-bond acceptors (Lipinski definition) is 4. The fourth-order valence-corrected chi connectivity index (χ4v) is 4.08. The number of rotatable bonds is 5. The molecule has 2 atom stereocenters. The molecule has 2 N–H and O–H groups in total. The first-order valence-corrected chi connectivity index (χ1v) is 9.98. The lowest BCUT2D eigenvalue weighted by atomic mass is 10.1. The lowest BCUT2D eigenvalue weighted by Crippen LogP contribution is -2.41. The average molecular weight is 375 g/mol. The van der Waals surface area contributed by atoms with Gasteiger partial charge < -0.3 is 9.30 Å². The van der Waals surface area contributed by atoms with Crippen molar-refractivity contribution in [3.8, 4) is 11.3 Å². The van der Waals surface area contributed by atoms with Gasteiger partial charge in [0.1, 0.15) is 5.65 Å². The number of pyridine rings is 1. The Bertz CT molecular complexity index is 995. The molecule has 0 spiro atoms. The summed E-state index contributed by atoms with van der Waals surface area (Å²) in [6, 6.07) is 14.7. The van der Waals surface area contributed by atoms with Crippen LogP contribution in [0.2, 0.25) is 0 Å². The Morgan fingerprint density at radius 1 is 1.14 bits per heavy atom. The maximum atomic E-state index is 12.9. The summed E-state index contributed by atoms with van der Waals surface area (Å²) in [5.74, 6) is 0.856. The highest BCUT2D eigenvalue weighted by atomic mass is 16.2. The number of likely N-dealkylation sites (N-methyl/N-ethyl adjacent to an activating group) is 1. The predicted molar refractivity (Wildman–Crippen MR) is 109 cm³/mol. The van der Waals surface area contributed by atoms with Gasteiger partial charge >= 0.3 is 0 Å². The lowest BCUT2D eigenvalue weighted by molar-refractivity contribution is 0.0782. The molecule has 0 radical (unpaired) electrons. The number of hydrogen-bond donors (Lipinski definition) is 2. The molecule has 28 heavy (non-hydrogen) atoms. The Morgan fingerprint density at radius 3 is 2.75 bits per heavy atom. The van der Waals surface area contributed by atoms with Gasteiger partial charge in [0, 0.05) is 43.6 Å². The van der Waals surface area contributed by atoms with Crippen molar-refractivity contribution in [2.45, 2.75) is 31.3 Å². The van der Waals surface area contributed by atoms with Crippen molar-refractivity contribution in [1.82, 2.24) is 25.1 Å². The number of hydrazine groups is 1. The maximum absolute atomic E-state index is 12.9. The van der Waals surface area contributed by atoms with Crippen molar-refractivity contribution in [3.63, 3.8) is 0 Å². The molecule has 1 amide bonds. The van der Waals surface area contributed by atoms with Crippen molar-refractivity contribution in [2.24, 2.45) is 5.92 Å². The van der Waals surface area contributed by atoms with Crippen LogP contribution in [-0.4, -0.2) is 45.9 Å². The number of carbonyl (C=O) groups is 1. The van der Waals surface area contributed by atoms with E-state index in [1.54, 1.807) is 0 Å². The number of aromatic nitrogens is 2. The number of nitrogens with zero attached hydrogens (tertiary/aromatic N) is 3. The van der Waals surface area contributed by atoms with Gasteiger partial charge in [-0.1, -0.05) is 30.3 Å². The van der Waals surface area contributed by atoms with Crippen LogP contribution in [0.4, 0.5) is 0 Å². The summed E-state index contributed by atoms with van der Waals surface area (Å²) < 4.78 is 1.93. The van der Waals surface area contributed by atoms with Crippen LogP contribution >= 0.6 is 0 Å².